The molecule has 0 saturated carbocycles. The first-order valence-electron chi connectivity index (χ1n) is 7.47. The molecule has 6 heteroatoms. The second-order valence-corrected chi connectivity index (χ2v) is 36.7. The normalized spacial score (nSPS) is 17.1. The van der Waals surface area contributed by atoms with Crippen molar-refractivity contribution in [1.82, 2.24) is 0 Å². The summed E-state index contributed by atoms with van der Waals surface area (Å²) in [5.41, 5.74) is 0. The van der Waals surface area contributed by atoms with E-state index in [1.807, 2.05) is 0 Å². The van der Waals surface area contributed by atoms with Crippen molar-refractivity contribution < 1.29 is 4.52 Å². The third kappa shape index (κ3) is 4.09. The van der Waals surface area contributed by atoms with Crippen LogP contribution in [-0.2, 0) is 4.52 Å². The third-order valence-electron chi connectivity index (χ3n) is 3.25. The lowest BCUT2D eigenvalue weighted by molar-refractivity contribution is 0.471. The number of nitrogens with zero attached hydrogens (tertiary/aromatic N) is 1. The summed E-state index contributed by atoms with van der Waals surface area (Å²) in [5.74, 6) is 1.16. The standard InChI is InChI=1S/C14H32NOPSi3/c1-18(2,3)15-17(19(4,5)6,20(7,8)9)16-14-12-10-11-13-14/h10-12H,13H2,1-9H3. The molecule has 0 bridgehead atoms. The fraction of sp³-hybridized carbons (Fsp3) is 0.714. The van der Waals surface area contributed by atoms with Crippen molar-refractivity contribution in [1.29, 1.82) is 0 Å². The second kappa shape index (κ2) is 5.75. The molecule has 1 aliphatic rings. The zero-order valence-corrected chi connectivity index (χ0v) is 18.6. The summed E-state index contributed by atoms with van der Waals surface area (Å²) in [4.78, 5) is 0. The van der Waals surface area contributed by atoms with Gasteiger partial charge >= 0.3 is 0 Å². The number of rotatable bonds is 5. The lowest BCUT2D eigenvalue weighted by Gasteiger charge is -2.46. The van der Waals surface area contributed by atoms with Crippen molar-refractivity contribution in [2.75, 3.05) is 0 Å². The predicted octanol–water partition coefficient (Wildman–Crippen LogP) is 6.47. The van der Waals surface area contributed by atoms with E-state index in [1.54, 1.807) is 0 Å². The maximum Gasteiger partial charge on any atom is 0.173 e. The third-order valence-corrected chi connectivity index (χ3v) is 36.2. The van der Waals surface area contributed by atoms with Crippen LogP contribution in [0.5, 0.6) is 0 Å². The topological polar surface area (TPSA) is 21.6 Å². The Labute approximate surface area is 128 Å². The van der Waals surface area contributed by atoms with E-state index in [-0.39, 0.29) is 0 Å². The second-order valence-electron chi connectivity index (χ2n) is 8.55. The molecule has 0 aromatic rings. The smallest absolute Gasteiger partial charge is 0.173 e. The highest BCUT2D eigenvalue weighted by Gasteiger charge is 2.49. The highest BCUT2D eigenvalue weighted by Crippen LogP contribution is 2.68. The molecule has 0 aliphatic heterocycles. The van der Waals surface area contributed by atoms with E-state index in [0.717, 1.165) is 12.2 Å². The van der Waals surface area contributed by atoms with Crippen molar-refractivity contribution in [3.8, 4) is 0 Å². The van der Waals surface area contributed by atoms with Gasteiger partial charge in [0.1, 0.15) is 21.2 Å². The fourth-order valence-corrected chi connectivity index (χ4v) is 49.0. The van der Waals surface area contributed by atoms with Gasteiger partial charge in [0.25, 0.3) is 0 Å². The molecule has 0 atom stereocenters. The van der Waals surface area contributed by atoms with Crippen LogP contribution >= 0.6 is 6.38 Å². The van der Waals surface area contributed by atoms with Crippen LogP contribution in [0.1, 0.15) is 6.42 Å². The molecular weight excluding hydrogens is 313 g/mol. The maximum absolute atomic E-state index is 6.81. The monoisotopic (exact) mass is 345 g/mol. The first-order chi connectivity index (χ1) is 8.79. The van der Waals surface area contributed by atoms with Crippen molar-refractivity contribution in [2.45, 2.75) is 65.3 Å². The van der Waals surface area contributed by atoms with E-state index in [1.165, 1.54) is 0 Å². The van der Waals surface area contributed by atoms with Gasteiger partial charge in [0, 0.05) is 6.42 Å². The van der Waals surface area contributed by atoms with Crippen LogP contribution in [0, 0.1) is 0 Å². The van der Waals surface area contributed by atoms with Gasteiger partial charge in [0.2, 0.25) is 0 Å². The van der Waals surface area contributed by atoms with E-state index in [2.05, 4.69) is 77.2 Å². The van der Waals surface area contributed by atoms with Gasteiger partial charge in [-0.25, -0.2) is 0 Å². The maximum atomic E-state index is 6.81. The molecule has 20 heavy (non-hydrogen) atoms. The SMILES string of the molecule is C[Si](C)(C)N=P(OC1=CC=CC1)([Si](C)(C)C)[Si](C)(C)C. The summed E-state index contributed by atoms with van der Waals surface area (Å²) in [6.45, 7) is 21.8. The fourth-order valence-electron chi connectivity index (χ4n) is 2.69. The lowest BCUT2D eigenvalue weighted by atomic mass is 10.4. The minimum absolute atomic E-state index is 0.956. The molecule has 0 aromatic heterocycles. The van der Waals surface area contributed by atoms with Crippen molar-refractivity contribution in [3.05, 3.63) is 24.0 Å². The van der Waals surface area contributed by atoms with Gasteiger partial charge in [-0.2, -0.15) is 0 Å². The Bertz CT molecular complexity index is 458. The summed E-state index contributed by atoms with van der Waals surface area (Å²) < 4.78 is 12.3. The van der Waals surface area contributed by atoms with E-state index in [9.17, 15) is 0 Å². The summed E-state index contributed by atoms with van der Waals surface area (Å²) in [6, 6.07) is 0. The number of hydrogen-bond acceptors (Lipinski definition) is 2. The Balaban J connectivity index is 3.47. The Morgan fingerprint density at radius 3 is 1.75 bits per heavy atom. The van der Waals surface area contributed by atoms with Crippen LogP contribution < -0.4 is 0 Å². The molecule has 0 heterocycles. The molecule has 0 aromatic carbocycles. The summed E-state index contributed by atoms with van der Waals surface area (Å²) in [5, 5.41) is 0. The molecule has 0 fully saturated rings. The molecule has 0 saturated heterocycles. The van der Waals surface area contributed by atoms with E-state index in [0.29, 0.717) is 0 Å². The minimum Gasteiger partial charge on any atom is -0.474 e. The Hall–Kier alpha value is 0.161. The number of allylic oxidation sites excluding steroid dienone is 3. The van der Waals surface area contributed by atoms with Gasteiger partial charge in [0.15, 0.2) is 8.24 Å². The van der Waals surface area contributed by atoms with Gasteiger partial charge in [-0.15, -0.1) is 0 Å². The average Bonchev–Trinajstić information content (AvgIpc) is 2.63. The Morgan fingerprint density at radius 2 is 1.45 bits per heavy atom. The van der Waals surface area contributed by atoms with Gasteiger partial charge in [-0.05, 0) is 25.7 Å². The van der Waals surface area contributed by atoms with Gasteiger partial charge in [-0.3, -0.25) is 0 Å². The van der Waals surface area contributed by atoms with E-state index >= 15 is 0 Å². The first kappa shape index (κ1) is 18.2. The summed E-state index contributed by atoms with van der Waals surface area (Å²) >= 11 is 0. The zero-order chi connectivity index (χ0) is 15.8. The predicted molar refractivity (Wildman–Crippen MR) is 102 cm³/mol. The van der Waals surface area contributed by atoms with Crippen molar-refractivity contribution in [3.63, 3.8) is 0 Å². The molecule has 1 aliphatic carbocycles. The van der Waals surface area contributed by atoms with Crippen LogP contribution in [0.15, 0.2) is 28.4 Å². The van der Waals surface area contributed by atoms with Crippen LogP contribution in [0.4, 0.5) is 0 Å². The average molecular weight is 346 g/mol. The van der Waals surface area contributed by atoms with Crippen LogP contribution in [-0.4, -0.2) is 23.7 Å². The van der Waals surface area contributed by atoms with E-state index < -0.39 is 30.1 Å². The molecule has 116 valence electrons. The Morgan fingerprint density at radius 1 is 0.950 bits per heavy atom. The minimum atomic E-state index is -1.68. The van der Waals surface area contributed by atoms with Gasteiger partial charge in [-0.1, -0.05) is 51.4 Å². The summed E-state index contributed by atoms with van der Waals surface area (Å²) in [6.07, 6.45) is 5.73. The molecule has 0 N–H and O–H groups in total. The molecular formula is C14H32NOPSi3. The highest BCUT2D eigenvalue weighted by atomic mass is 31.7. The molecule has 0 radical (unpaired) electrons. The quantitative estimate of drug-likeness (QED) is 0.413. The highest BCUT2D eigenvalue weighted by molar-refractivity contribution is 8.21. The zero-order valence-electron chi connectivity index (χ0n) is 14.7. The van der Waals surface area contributed by atoms with Crippen molar-refractivity contribution >= 4 is 30.1 Å². The summed E-state index contributed by atoms with van der Waals surface area (Å²) in [7, 11) is -4.51. The molecule has 2 nitrogen and oxygen atoms in total. The first-order valence-corrected chi connectivity index (χ1v) is 21.3. The van der Waals surface area contributed by atoms with Crippen LogP contribution in [0.2, 0.25) is 58.9 Å². The van der Waals surface area contributed by atoms with E-state index in [4.69, 9.17) is 8.93 Å². The molecule has 0 spiro atoms. The van der Waals surface area contributed by atoms with Gasteiger partial charge < -0.3 is 8.93 Å². The largest absolute Gasteiger partial charge is 0.474 e. The lowest BCUT2D eigenvalue weighted by Crippen LogP contribution is -2.39. The van der Waals surface area contributed by atoms with Crippen LogP contribution in [0.25, 0.3) is 0 Å². The van der Waals surface area contributed by atoms with Gasteiger partial charge in [0.05, 0.1) is 6.38 Å². The molecule has 1 rings (SSSR count). The molecule has 0 unspecified atom stereocenters. The van der Waals surface area contributed by atoms with Crippen molar-refractivity contribution in [2.24, 2.45) is 4.41 Å². The number of hydrogen-bond donors (Lipinski definition) is 0. The molecule has 0 amide bonds. The van der Waals surface area contributed by atoms with Crippen LogP contribution in [0.3, 0.4) is 0 Å². The Kier molecular flexibility index (Phi) is 5.23.